The number of rotatable bonds is 44. The molecule has 12 N–H and O–H groups in total. The van der Waals surface area contributed by atoms with Crippen LogP contribution in [0.4, 0.5) is 0 Å². The van der Waals surface area contributed by atoms with Crippen LogP contribution in [-0.4, -0.2) is 193 Å². The van der Waals surface area contributed by atoms with Gasteiger partial charge in [0.1, 0.15) is 73.2 Å². The van der Waals surface area contributed by atoms with Crippen molar-refractivity contribution in [3.05, 3.63) is 85.1 Å². The minimum atomic E-state index is -1.98. The molecule has 3 rings (SSSR count). The summed E-state index contributed by atoms with van der Waals surface area (Å²) in [7, 11) is 0. The zero-order valence-electron chi connectivity index (χ0n) is 49.2. The minimum absolute atomic E-state index is 0.181. The molecule has 19 heteroatoms. The fourth-order valence-electron chi connectivity index (χ4n) is 9.95. The van der Waals surface area contributed by atoms with E-state index in [9.17, 15) is 61.0 Å². The highest BCUT2D eigenvalue weighted by atomic mass is 16.8. The molecule has 82 heavy (non-hydrogen) atoms. The van der Waals surface area contributed by atoms with Crippen molar-refractivity contribution >= 4 is 5.91 Å². The third-order valence-electron chi connectivity index (χ3n) is 15.0. The second kappa shape index (κ2) is 45.3. The lowest BCUT2D eigenvalue weighted by Gasteiger charge is -2.48. The number of hydrogen-bond donors (Lipinski definition) is 12. The van der Waals surface area contributed by atoms with Gasteiger partial charge in [0.15, 0.2) is 18.9 Å². The summed E-state index contributed by atoms with van der Waals surface area (Å²) >= 11 is 0. The van der Waals surface area contributed by atoms with Crippen LogP contribution in [0.25, 0.3) is 0 Å². The molecule has 0 bridgehead atoms. The first-order valence-electron chi connectivity index (χ1n) is 30.8. The highest BCUT2D eigenvalue weighted by Crippen LogP contribution is 2.33. The van der Waals surface area contributed by atoms with E-state index < -0.39 is 124 Å². The standard InChI is InChI=1S/C63H107NO18/c1-3-5-7-9-11-13-15-17-19-20-21-22-23-24-25-26-27-29-31-33-35-37-39-41-51(69)64-46(47(68)40-38-36-34-32-30-28-18-16-14-12-10-8-6-4-2)45-77-61-57(75)54(72)59(49(43-66)79-61)82-63-58(76)55(73)60(50(44-67)80-63)81-62-56(74)53(71)52(70)48(42-65)78-62/h5,7,11,13,17,19,21-22,24-25,27,29,33,35,46-50,52-63,65-68,70-76H,3-4,6,8-10,12,14-16,18,20,23,26,28,30-32,34,36-45H2,1-2H3,(H,64,69)/b7-5-,13-11-,19-17-,22-21-,25-24-,29-27-,35-33-. The number of carbonyl (C=O) groups excluding carboxylic acids is 1. The van der Waals surface area contributed by atoms with Gasteiger partial charge in [0, 0.05) is 6.42 Å². The Balaban J connectivity index is 1.50. The van der Waals surface area contributed by atoms with Crippen molar-refractivity contribution in [3.8, 4) is 0 Å². The SMILES string of the molecule is CC/C=C\C/C=C\C/C=C\C/C=C\C/C=C\C/C=C\C/C=C\CCCC(=O)NC(COC1OC(CO)C(OC2OC(CO)C(OC3OC(CO)C(O)C(O)C3O)C(O)C2O)C(O)C1O)C(O)CCCCCCCCCCCCCCCC. The molecular formula is C63H107NO18. The van der Waals surface area contributed by atoms with Gasteiger partial charge >= 0.3 is 0 Å². The predicted molar refractivity (Wildman–Crippen MR) is 314 cm³/mol. The van der Waals surface area contributed by atoms with Gasteiger partial charge in [0.2, 0.25) is 5.91 Å². The summed E-state index contributed by atoms with van der Waals surface area (Å²) in [5.41, 5.74) is 0. The molecule has 0 aromatic carbocycles. The molecule has 0 spiro atoms. The van der Waals surface area contributed by atoms with Crippen LogP contribution in [0.2, 0.25) is 0 Å². The first kappa shape index (κ1) is 73.2. The van der Waals surface area contributed by atoms with Crippen LogP contribution >= 0.6 is 0 Å². The summed E-state index contributed by atoms with van der Waals surface area (Å²) in [4.78, 5) is 13.3. The molecule has 0 aromatic heterocycles. The summed E-state index contributed by atoms with van der Waals surface area (Å²) in [5, 5.41) is 120. The van der Waals surface area contributed by atoms with Crippen LogP contribution < -0.4 is 5.32 Å². The maximum atomic E-state index is 13.3. The van der Waals surface area contributed by atoms with Crippen LogP contribution in [0.3, 0.4) is 0 Å². The molecule has 3 heterocycles. The van der Waals surface area contributed by atoms with Gasteiger partial charge in [-0.3, -0.25) is 4.79 Å². The van der Waals surface area contributed by atoms with E-state index in [0.29, 0.717) is 25.7 Å². The Bertz CT molecular complexity index is 1820. The average Bonchev–Trinajstić information content (AvgIpc) is 3.14. The fraction of sp³-hybridized carbons (Fsp3) is 0.762. The maximum Gasteiger partial charge on any atom is 0.220 e. The Morgan fingerprint density at radius 1 is 0.451 bits per heavy atom. The van der Waals surface area contributed by atoms with E-state index in [1.54, 1.807) is 0 Å². The van der Waals surface area contributed by atoms with Crippen LogP contribution in [0.5, 0.6) is 0 Å². The summed E-state index contributed by atoms with van der Waals surface area (Å²) in [6.07, 6.45) is 28.1. The van der Waals surface area contributed by atoms with Crippen molar-refractivity contribution in [3.63, 3.8) is 0 Å². The number of carbonyl (C=O) groups is 1. The Labute approximate surface area is 489 Å². The van der Waals surface area contributed by atoms with Gasteiger partial charge in [0.05, 0.1) is 38.6 Å². The van der Waals surface area contributed by atoms with Crippen molar-refractivity contribution in [2.24, 2.45) is 0 Å². The number of amides is 1. The van der Waals surface area contributed by atoms with Crippen molar-refractivity contribution in [1.82, 2.24) is 5.32 Å². The Hall–Kier alpha value is -3.03. The van der Waals surface area contributed by atoms with E-state index >= 15 is 0 Å². The Morgan fingerprint density at radius 2 is 0.829 bits per heavy atom. The molecule has 3 fully saturated rings. The molecule has 19 nitrogen and oxygen atoms in total. The van der Waals surface area contributed by atoms with Crippen LogP contribution in [0, 0.1) is 0 Å². The number of nitrogens with one attached hydrogen (secondary N) is 1. The lowest BCUT2D eigenvalue weighted by atomic mass is 9.96. The molecule has 0 aromatic rings. The molecule has 472 valence electrons. The van der Waals surface area contributed by atoms with E-state index in [2.05, 4.69) is 98.2 Å². The van der Waals surface area contributed by atoms with Gasteiger partial charge < -0.3 is 89.9 Å². The van der Waals surface area contributed by atoms with E-state index in [4.69, 9.17) is 28.4 Å². The molecule has 0 saturated carbocycles. The van der Waals surface area contributed by atoms with Gasteiger partial charge in [-0.25, -0.2) is 0 Å². The van der Waals surface area contributed by atoms with Crippen LogP contribution in [0.15, 0.2) is 85.1 Å². The minimum Gasteiger partial charge on any atom is -0.394 e. The third kappa shape index (κ3) is 28.4. The van der Waals surface area contributed by atoms with E-state index in [0.717, 1.165) is 64.2 Å². The van der Waals surface area contributed by atoms with Gasteiger partial charge in [-0.15, -0.1) is 0 Å². The molecule has 0 aliphatic carbocycles. The number of allylic oxidation sites excluding steroid dienone is 14. The van der Waals surface area contributed by atoms with Crippen molar-refractivity contribution in [2.45, 2.75) is 279 Å². The van der Waals surface area contributed by atoms with Crippen molar-refractivity contribution in [2.75, 3.05) is 26.4 Å². The topological polar surface area (TPSA) is 307 Å². The van der Waals surface area contributed by atoms with Gasteiger partial charge in [0.25, 0.3) is 0 Å². The molecule has 3 saturated heterocycles. The first-order valence-corrected chi connectivity index (χ1v) is 30.8. The second-order valence-electron chi connectivity index (χ2n) is 21.8. The summed E-state index contributed by atoms with van der Waals surface area (Å²) < 4.78 is 34.3. The Kier molecular flexibility index (Phi) is 40.5. The quantitative estimate of drug-likeness (QED) is 0.0247. The molecule has 3 aliphatic rings. The maximum absolute atomic E-state index is 13.3. The zero-order valence-corrected chi connectivity index (χ0v) is 49.2. The van der Waals surface area contributed by atoms with Crippen LogP contribution in [0.1, 0.15) is 174 Å². The smallest absolute Gasteiger partial charge is 0.220 e. The number of ether oxygens (including phenoxy) is 6. The lowest BCUT2D eigenvalue weighted by Crippen LogP contribution is -2.66. The van der Waals surface area contributed by atoms with Crippen LogP contribution in [-0.2, 0) is 33.2 Å². The highest BCUT2D eigenvalue weighted by molar-refractivity contribution is 5.76. The molecule has 3 aliphatic heterocycles. The monoisotopic (exact) mass is 1170 g/mol. The summed E-state index contributed by atoms with van der Waals surface area (Å²) in [5.74, 6) is -0.305. The summed E-state index contributed by atoms with van der Waals surface area (Å²) in [6.45, 7) is 1.61. The second-order valence-corrected chi connectivity index (χ2v) is 21.8. The number of hydrogen-bond acceptors (Lipinski definition) is 18. The van der Waals surface area contributed by atoms with E-state index in [-0.39, 0.29) is 18.9 Å². The molecule has 0 radical (unpaired) electrons. The van der Waals surface area contributed by atoms with Gasteiger partial charge in [-0.1, -0.05) is 189 Å². The fourth-order valence-corrected chi connectivity index (χ4v) is 9.95. The third-order valence-corrected chi connectivity index (χ3v) is 15.0. The normalized spacial score (nSPS) is 30.2. The van der Waals surface area contributed by atoms with Gasteiger partial charge in [-0.05, 0) is 64.2 Å². The number of unbranched alkanes of at least 4 members (excludes halogenated alkanes) is 14. The molecule has 17 unspecified atom stereocenters. The van der Waals surface area contributed by atoms with Gasteiger partial charge in [-0.2, -0.15) is 0 Å². The first-order chi connectivity index (χ1) is 39.8. The number of aliphatic hydroxyl groups is 11. The van der Waals surface area contributed by atoms with E-state index in [1.807, 2.05) is 6.08 Å². The zero-order chi connectivity index (χ0) is 59.7. The average molecular weight is 1170 g/mol. The summed E-state index contributed by atoms with van der Waals surface area (Å²) in [6, 6.07) is -0.923. The van der Waals surface area contributed by atoms with E-state index in [1.165, 1.54) is 64.2 Å². The van der Waals surface area contributed by atoms with Crippen molar-refractivity contribution in [1.29, 1.82) is 0 Å². The predicted octanol–water partition coefficient (Wildman–Crippen LogP) is 5.98. The number of aliphatic hydroxyl groups excluding tert-OH is 11. The lowest BCUT2D eigenvalue weighted by molar-refractivity contribution is -0.379. The highest BCUT2D eigenvalue weighted by Gasteiger charge is 2.53. The molecule has 1 amide bonds. The van der Waals surface area contributed by atoms with Crippen molar-refractivity contribution < 1.29 is 89.4 Å². The molecular weight excluding hydrogens is 1060 g/mol. The molecule has 17 atom stereocenters. The largest absolute Gasteiger partial charge is 0.394 e. The Morgan fingerprint density at radius 3 is 1.27 bits per heavy atom.